The van der Waals surface area contributed by atoms with Gasteiger partial charge in [-0.25, -0.2) is 4.39 Å². The molecule has 0 aliphatic carbocycles. The Morgan fingerprint density at radius 3 is 2.50 bits per heavy atom. The number of rotatable bonds is 4. The second kappa shape index (κ2) is 5.94. The molecule has 1 N–H and O–H groups in total. The van der Waals surface area contributed by atoms with Gasteiger partial charge in [-0.15, -0.1) is 0 Å². The molecule has 18 heavy (non-hydrogen) atoms. The maximum Gasteiger partial charge on any atom is 0.141 e. The summed E-state index contributed by atoms with van der Waals surface area (Å²) < 4.78 is 12.8. The zero-order chi connectivity index (χ0) is 13.0. The predicted molar refractivity (Wildman–Crippen MR) is 71.2 cm³/mol. The van der Waals surface area contributed by atoms with Gasteiger partial charge in [-0.05, 0) is 43.3 Å². The monoisotopic (exact) mass is 264 g/mol. The van der Waals surface area contributed by atoms with E-state index in [1.54, 1.807) is 6.07 Å². The van der Waals surface area contributed by atoms with Crippen LogP contribution in [0.3, 0.4) is 0 Å². The van der Waals surface area contributed by atoms with Gasteiger partial charge in [0.25, 0.3) is 0 Å². The van der Waals surface area contributed by atoms with E-state index in [1.165, 1.54) is 12.3 Å². The van der Waals surface area contributed by atoms with Crippen LogP contribution in [0, 0.1) is 5.82 Å². The summed E-state index contributed by atoms with van der Waals surface area (Å²) in [7, 11) is 1.87. The molecule has 0 bridgehead atoms. The number of halogens is 2. The van der Waals surface area contributed by atoms with E-state index in [-0.39, 0.29) is 11.9 Å². The third-order valence-corrected chi connectivity index (χ3v) is 3.06. The number of pyridine rings is 1. The molecule has 0 fully saturated rings. The van der Waals surface area contributed by atoms with Gasteiger partial charge in [-0.2, -0.15) is 0 Å². The number of likely N-dealkylation sites (N-methyl/N-ethyl adjacent to an activating group) is 1. The zero-order valence-corrected chi connectivity index (χ0v) is 10.8. The summed E-state index contributed by atoms with van der Waals surface area (Å²) >= 11 is 5.85. The SMILES string of the molecule is CNC(Cc1ccc(Cl)cc1)c1ccc(F)cn1. The number of aromatic nitrogens is 1. The lowest BCUT2D eigenvalue weighted by Gasteiger charge is -2.15. The van der Waals surface area contributed by atoms with E-state index in [2.05, 4.69) is 10.3 Å². The number of hydrogen-bond donors (Lipinski definition) is 1. The Bertz CT molecular complexity index is 496. The molecule has 94 valence electrons. The molecule has 0 aliphatic rings. The van der Waals surface area contributed by atoms with Crippen LogP contribution in [0.1, 0.15) is 17.3 Å². The van der Waals surface area contributed by atoms with Crippen LogP contribution in [0.5, 0.6) is 0 Å². The highest BCUT2D eigenvalue weighted by Crippen LogP contribution is 2.18. The topological polar surface area (TPSA) is 24.9 Å². The number of benzene rings is 1. The molecule has 0 saturated heterocycles. The van der Waals surface area contributed by atoms with Crippen LogP contribution in [0.15, 0.2) is 42.6 Å². The van der Waals surface area contributed by atoms with Crippen LogP contribution in [-0.2, 0) is 6.42 Å². The summed E-state index contributed by atoms with van der Waals surface area (Å²) in [6.07, 6.45) is 2.02. The number of hydrogen-bond acceptors (Lipinski definition) is 2. The maximum absolute atomic E-state index is 12.8. The quantitative estimate of drug-likeness (QED) is 0.916. The lowest BCUT2D eigenvalue weighted by Crippen LogP contribution is -2.20. The minimum atomic E-state index is -0.319. The minimum absolute atomic E-state index is 0.0618. The van der Waals surface area contributed by atoms with E-state index in [0.717, 1.165) is 22.7 Å². The Kier molecular flexibility index (Phi) is 4.28. The Labute approximate surface area is 111 Å². The highest BCUT2D eigenvalue weighted by Gasteiger charge is 2.11. The smallest absolute Gasteiger partial charge is 0.141 e. The lowest BCUT2D eigenvalue weighted by atomic mass is 10.0. The molecular formula is C14H14ClFN2. The highest BCUT2D eigenvalue weighted by atomic mass is 35.5. The van der Waals surface area contributed by atoms with Crippen molar-refractivity contribution in [3.05, 3.63) is 64.7 Å². The molecule has 1 atom stereocenters. The molecule has 4 heteroatoms. The van der Waals surface area contributed by atoms with Gasteiger partial charge in [-0.3, -0.25) is 4.98 Å². The maximum atomic E-state index is 12.8. The molecular weight excluding hydrogens is 251 g/mol. The first-order chi connectivity index (χ1) is 8.69. The molecule has 1 aromatic heterocycles. The molecule has 1 unspecified atom stereocenters. The van der Waals surface area contributed by atoms with Crippen molar-refractivity contribution in [1.29, 1.82) is 0 Å². The van der Waals surface area contributed by atoms with Crippen molar-refractivity contribution < 1.29 is 4.39 Å². The van der Waals surface area contributed by atoms with Crippen molar-refractivity contribution in [1.82, 2.24) is 10.3 Å². The van der Waals surface area contributed by atoms with Gasteiger partial charge in [0.05, 0.1) is 17.9 Å². The van der Waals surface area contributed by atoms with E-state index in [1.807, 2.05) is 31.3 Å². The largest absolute Gasteiger partial charge is 0.311 e. The first kappa shape index (κ1) is 13.0. The van der Waals surface area contributed by atoms with E-state index in [9.17, 15) is 4.39 Å². The van der Waals surface area contributed by atoms with Crippen molar-refractivity contribution in [3.8, 4) is 0 Å². The second-order valence-corrected chi connectivity index (χ2v) is 4.51. The van der Waals surface area contributed by atoms with Crippen molar-refractivity contribution >= 4 is 11.6 Å². The van der Waals surface area contributed by atoms with Gasteiger partial charge in [0.2, 0.25) is 0 Å². The molecule has 2 rings (SSSR count). The molecule has 0 aliphatic heterocycles. The van der Waals surface area contributed by atoms with Crippen LogP contribution >= 0.6 is 11.6 Å². The van der Waals surface area contributed by atoms with Crippen molar-refractivity contribution in [2.24, 2.45) is 0 Å². The fraction of sp³-hybridized carbons (Fsp3) is 0.214. The van der Waals surface area contributed by atoms with E-state index >= 15 is 0 Å². The first-order valence-corrected chi connectivity index (χ1v) is 6.10. The second-order valence-electron chi connectivity index (χ2n) is 4.07. The average molecular weight is 265 g/mol. The fourth-order valence-corrected chi connectivity index (χ4v) is 1.93. The average Bonchev–Trinajstić information content (AvgIpc) is 2.39. The van der Waals surface area contributed by atoms with E-state index in [4.69, 9.17) is 11.6 Å². The molecule has 0 radical (unpaired) electrons. The molecule has 1 aromatic carbocycles. The molecule has 0 saturated carbocycles. The Hall–Kier alpha value is -1.45. The summed E-state index contributed by atoms with van der Waals surface area (Å²) in [4.78, 5) is 4.10. The normalized spacial score (nSPS) is 12.4. The van der Waals surface area contributed by atoms with E-state index in [0.29, 0.717) is 0 Å². The van der Waals surface area contributed by atoms with Gasteiger partial charge in [0, 0.05) is 5.02 Å². The molecule has 1 heterocycles. The first-order valence-electron chi connectivity index (χ1n) is 5.72. The summed E-state index contributed by atoms with van der Waals surface area (Å²) in [5, 5.41) is 3.90. The third kappa shape index (κ3) is 3.28. The minimum Gasteiger partial charge on any atom is -0.311 e. The molecule has 0 spiro atoms. The van der Waals surface area contributed by atoms with Crippen LogP contribution in [0.2, 0.25) is 5.02 Å². The summed E-state index contributed by atoms with van der Waals surface area (Å²) in [5.41, 5.74) is 1.98. The lowest BCUT2D eigenvalue weighted by molar-refractivity contribution is 0.565. The third-order valence-electron chi connectivity index (χ3n) is 2.81. The van der Waals surface area contributed by atoms with Gasteiger partial charge in [-0.1, -0.05) is 23.7 Å². The summed E-state index contributed by atoms with van der Waals surface area (Å²) in [6.45, 7) is 0. The van der Waals surface area contributed by atoms with Crippen LogP contribution in [0.25, 0.3) is 0 Å². The highest BCUT2D eigenvalue weighted by molar-refractivity contribution is 6.30. The zero-order valence-electron chi connectivity index (χ0n) is 10.0. The Morgan fingerprint density at radius 1 is 1.22 bits per heavy atom. The Morgan fingerprint density at radius 2 is 1.94 bits per heavy atom. The van der Waals surface area contributed by atoms with Crippen LogP contribution in [-0.4, -0.2) is 12.0 Å². The molecule has 2 aromatic rings. The predicted octanol–water partition coefficient (Wildman–Crippen LogP) is 3.38. The summed E-state index contributed by atoms with van der Waals surface area (Å²) in [5.74, 6) is -0.319. The van der Waals surface area contributed by atoms with Crippen LogP contribution in [0.4, 0.5) is 4.39 Å². The number of nitrogens with one attached hydrogen (secondary N) is 1. The molecule has 0 amide bonds. The number of nitrogens with zero attached hydrogens (tertiary/aromatic N) is 1. The van der Waals surface area contributed by atoms with Gasteiger partial charge in [0.15, 0.2) is 0 Å². The van der Waals surface area contributed by atoms with Crippen molar-refractivity contribution in [2.75, 3.05) is 7.05 Å². The summed E-state index contributed by atoms with van der Waals surface area (Å²) in [6, 6.07) is 10.9. The van der Waals surface area contributed by atoms with Gasteiger partial charge < -0.3 is 5.32 Å². The Balaban J connectivity index is 2.14. The van der Waals surface area contributed by atoms with Crippen LogP contribution < -0.4 is 5.32 Å². The van der Waals surface area contributed by atoms with Gasteiger partial charge >= 0.3 is 0 Å². The van der Waals surface area contributed by atoms with Crippen molar-refractivity contribution in [3.63, 3.8) is 0 Å². The fourth-order valence-electron chi connectivity index (χ4n) is 1.80. The van der Waals surface area contributed by atoms with Crippen molar-refractivity contribution in [2.45, 2.75) is 12.5 Å². The standard InChI is InChI=1S/C14H14ClFN2/c1-17-14(13-7-6-12(16)9-18-13)8-10-2-4-11(15)5-3-10/h2-7,9,14,17H,8H2,1H3. The van der Waals surface area contributed by atoms with E-state index < -0.39 is 0 Å². The van der Waals surface area contributed by atoms with Gasteiger partial charge in [0.1, 0.15) is 5.82 Å². The molecule has 2 nitrogen and oxygen atoms in total.